The molecule has 0 aliphatic heterocycles. The maximum absolute atomic E-state index is 13.4. The predicted octanol–water partition coefficient (Wildman–Crippen LogP) is 4.94. The van der Waals surface area contributed by atoms with Crippen LogP contribution >= 0.6 is 23.2 Å². The molecule has 0 aliphatic carbocycles. The van der Waals surface area contributed by atoms with Crippen LogP contribution in [0.4, 0.5) is 4.39 Å². The van der Waals surface area contributed by atoms with E-state index in [2.05, 4.69) is 5.32 Å². The maximum atomic E-state index is 13.4. The van der Waals surface area contributed by atoms with Gasteiger partial charge < -0.3 is 5.32 Å². The second-order valence-corrected chi connectivity index (χ2v) is 5.57. The summed E-state index contributed by atoms with van der Waals surface area (Å²) >= 11 is 12.5. The summed E-state index contributed by atoms with van der Waals surface area (Å²) in [4.78, 5) is 0. The summed E-state index contributed by atoms with van der Waals surface area (Å²) in [6, 6.07) is 10.2. The molecule has 0 spiro atoms. The van der Waals surface area contributed by atoms with Gasteiger partial charge in [-0.15, -0.1) is 0 Å². The topological polar surface area (TPSA) is 12.0 Å². The van der Waals surface area contributed by atoms with Crippen molar-refractivity contribution in [3.8, 4) is 0 Å². The molecule has 2 rings (SSSR count). The van der Waals surface area contributed by atoms with Gasteiger partial charge in [0.2, 0.25) is 0 Å². The molecule has 1 N–H and O–H groups in total. The highest BCUT2D eigenvalue weighted by Crippen LogP contribution is 2.32. The SMILES string of the molecule is CNC(Cc1cc(F)ccc1C)c1c(Cl)cccc1Cl. The lowest BCUT2D eigenvalue weighted by Gasteiger charge is -2.20. The highest BCUT2D eigenvalue weighted by atomic mass is 35.5. The number of hydrogen-bond acceptors (Lipinski definition) is 1. The number of rotatable bonds is 4. The monoisotopic (exact) mass is 311 g/mol. The summed E-state index contributed by atoms with van der Waals surface area (Å²) < 4.78 is 13.4. The normalized spacial score (nSPS) is 12.4. The molecule has 0 saturated heterocycles. The summed E-state index contributed by atoms with van der Waals surface area (Å²) in [5, 5.41) is 4.44. The van der Waals surface area contributed by atoms with E-state index in [-0.39, 0.29) is 11.9 Å². The van der Waals surface area contributed by atoms with Crippen molar-refractivity contribution in [2.75, 3.05) is 7.05 Å². The fourth-order valence-electron chi connectivity index (χ4n) is 2.27. The van der Waals surface area contributed by atoms with Crippen LogP contribution in [-0.4, -0.2) is 7.05 Å². The summed E-state index contributed by atoms with van der Waals surface area (Å²) in [5.74, 6) is -0.231. The molecule has 20 heavy (non-hydrogen) atoms. The Bertz CT molecular complexity index is 593. The third kappa shape index (κ3) is 3.32. The molecular formula is C16H16Cl2FN. The molecule has 1 unspecified atom stereocenters. The van der Waals surface area contributed by atoms with Crippen LogP contribution in [0, 0.1) is 12.7 Å². The first-order valence-corrected chi connectivity index (χ1v) is 7.14. The average Bonchev–Trinajstić information content (AvgIpc) is 2.41. The largest absolute Gasteiger partial charge is 0.313 e. The van der Waals surface area contributed by atoms with E-state index < -0.39 is 0 Å². The smallest absolute Gasteiger partial charge is 0.123 e. The molecule has 106 valence electrons. The Labute approximate surface area is 128 Å². The van der Waals surface area contributed by atoms with Gasteiger partial charge >= 0.3 is 0 Å². The van der Waals surface area contributed by atoms with Crippen LogP contribution in [-0.2, 0) is 6.42 Å². The first-order valence-electron chi connectivity index (χ1n) is 6.39. The molecule has 0 amide bonds. The van der Waals surface area contributed by atoms with Crippen molar-refractivity contribution in [3.05, 3.63) is 69.0 Å². The van der Waals surface area contributed by atoms with Gasteiger partial charge in [-0.1, -0.05) is 35.3 Å². The van der Waals surface area contributed by atoms with E-state index in [0.29, 0.717) is 16.5 Å². The summed E-state index contributed by atoms with van der Waals surface area (Å²) in [6.45, 7) is 1.97. The molecule has 1 atom stereocenters. The molecule has 2 aromatic rings. The molecule has 0 radical (unpaired) electrons. The Morgan fingerprint density at radius 2 is 1.80 bits per heavy atom. The standard InChI is InChI=1S/C16H16Cl2FN/c1-10-6-7-12(19)8-11(10)9-15(20-2)16-13(17)4-3-5-14(16)18/h3-8,15,20H,9H2,1-2H3. The van der Waals surface area contributed by atoms with Crippen molar-refractivity contribution in [1.29, 1.82) is 0 Å². The fourth-order valence-corrected chi connectivity index (χ4v) is 2.93. The van der Waals surface area contributed by atoms with Crippen molar-refractivity contribution >= 4 is 23.2 Å². The van der Waals surface area contributed by atoms with E-state index >= 15 is 0 Å². The Morgan fingerprint density at radius 3 is 2.40 bits per heavy atom. The van der Waals surface area contributed by atoms with Crippen LogP contribution in [0.3, 0.4) is 0 Å². The summed E-state index contributed by atoms with van der Waals surface area (Å²) in [7, 11) is 1.85. The number of nitrogens with one attached hydrogen (secondary N) is 1. The van der Waals surface area contributed by atoms with E-state index in [1.165, 1.54) is 6.07 Å². The zero-order valence-corrected chi connectivity index (χ0v) is 12.9. The molecule has 0 fully saturated rings. The van der Waals surface area contributed by atoms with E-state index in [1.807, 2.05) is 32.2 Å². The van der Waals surface area contributed by atoms with E-state index in [4.69, 9.17) is 23.2 Å². The molecule has 2 aromatic carbocycles. The van der Waals surface area contributed by atoms with Gasteiger partial charge in [-0.3, -0.25) is 0 Å². The highest BCUT2D eigenvalue weighted by molar-refractivity contribution is 6.36. The molecule has 0 bridgehead atoms. The second-order valence-electron chi connectivity index (χ2n) is 4.75. The molecule has 4 heteroatoms. The van der Waals surface area contributed by atoms with Gasteiger partial charge in [-0.05, 0) is 55.8 Å². The quantitative estimate of drug-likeness (QED) is 0.843. The van der Waals surface area contributed by atoms with Crippen LogP contribution in [0.25, 0.3) is 0 Å². The van der Waals surface area contributed by atoms with Gasteiger partial charge in [0.1, 0.15) is 5.82 Å². The number of aryl methyl sites for hydroxylation is 1. The van der Waals surface area contributed by atoms with Crippen LogP contribution in [0.5, 0.6) is 0 Å². The van der Waals surface area contributed by atoms with E-state index in [9.17, 15) is 4.39 Å². The second kappa shape index (κ2) is 6.57. The van der Waals surface area contributed by atoms with E-state index in [1.54, 1.807) is 12.1 Å². The first-order chi connectivity index (χ1) is 9.52. The van der Waals surface area contributed by atoms with Gasteiger partial charge in [0, 0.05) is 21.7 Å². The molecule has 0 aromatic heterocycles. The van der Waals surface area contributed by atoms with Gasteiger partial charge in [0.25, 0.3) is 0 Å². The Kier molecular flexibility index (Phi) is 5.03. The van der Waals surface area contributed by atoms with Crippen LogP contribution in [0.15, 0.2) is 36.4 Å². The lowest BCUT2D eigenvalue weighted by molar-refractivity contribution is 0.582. The molecule has 0 aliphatic rings. The third-order valence-corrected chi connectivity index (χ3v) is 4.09. The van der Waals surface area contributed by atoms with Crippen molar-refractivity contribution in [3.63, 3.8) is 0 Å². The van der Waals surface area contributed by atoms with Crippen LogP contribution in [0.2, 0.25) is 10.0 Å². The minimum atomic E-state index is -0.231. The van der Waals surface area contributed by atoms with E-state index in [0.717, 1.165) is 16.7 Å². The zero-order chi connectivity index (χ0) is 14.7. The number of hydrogen-bond donors (Lipinski definition) is 1. The van der Waals surface area contributed by atoms with Crippen molar-refractivity contribution in [1.82, 2.24) is 5.32 Å². The molecule has 0 heterocycles. The lowest BCUT2D eigenvalue weighted by atomic mass is 9.96. The van der Waals surface area contributed by atoms with Crippen molar-refractivity contribution < 1.29 is 4.39 Å². The van der Waals surface area contributed by atoms with Crippen LogP contribution in [0.1, 0.15) is 22.7 Å². The van der Waals surface area contributed by atoms with Gasteiger partial charge in [0.05, 0.1) is 0 Å². The Balaban J connectivity index is 2.36. The maximum Gasteiger partial charge on any atom is 0.123 e. The number of benzene rings is 2. The average molecular weight is 312 g/mol. The summed E-state index contributed by atoms with van der Waals surface area (Å²) in [5.41, 5.74) is 2.84. The van der Waals surface area contributed by atoms with Crippen LogP contribution < -0.4 is 5.32 Å². The first kappa shape index (κ1) is 15.3. The number of likely N-dealkylation sites (N-methyl/N-ethyl adjacent to an activating group) is 1. The third-order valence-electron chi connectivity index (χ3n) is 3.43. The minimum Gasteiger partial charge on any atom is -0.313 e. The molecule has 0 saturated carbocycles. The minimum absolute atomic E-state index is 0.0586. The Hall–Kier alpha value is -1.09. The summed E-state index contributed by atoms with van der Waals surface area (Å²) in [6.07, 6.45) is 0.629. The Morgan fingerprint density at radius 1 is 1.15 bits per heavy atom. The van der Waals surface area contributed by atoms with Gasteiger partial charge in [-0.2, -0.15) is 0 Å². The van der Waals surface area contributed by atoms with Gasteiger partial charge in [-0.25, -0.2) is 4.39 Å². The van der Waals surface area contributed by atoms with Gasteiger partial charge in [0.15, 0.2) is 0 Å². The number of halogens is 3. The highest BCUT2D eigenvalue weighted by Gasteiger charge is 2.18. The predicted molar refractivity (Wildman–Crippen MR) is 83.1 cm³/mol. The fraction of sp³-hybridized carbons (Fsp3) is 0.250. The van der Waals surface area contributed by atoms with Crippen molar-refractivity contribution in [2.24, 2.45) is 0 Å². The van der Waals surface area contributed by atoms with Crippen molar-refractivity contribution in [2.45, 2.75) is 19.4 Å². The molecular weight excluding hydrogens is 296 g/mol. The zero-order valence-electron chi connectivity index (χ0n) is 11.4. The molecule has 1 nitrogen and oxygen atoms in total. The lowest BCUT2D eigenvalue weighted by Crippen LogP contribution is -2.20.